The van der Waals surface area contributed by atoms with Gasteiger partial charge in [-0.1, -0.05) is 13.0 Å². The SMILES string of the molecule is CCC(CSC)N(C)c1ccc(C(C)N)cc1F. The fourth-order valence-corrected chi connectivity index (χ4v) is 2.83. The van der Waals surface area contributed by atoms with Crippen molar-refractivity contribution in [1.82, 2.24) is 0 Å². The molecule has 0 spiro atoms. The summed E-state index contributed by atoms with van der Waals surface area (Å²) in [5.74, 6) is 0.813. The van der Waals surface area contributed by atoms with Gasteiger partial charge in [-0.25, -0.2) is 4.39 Å². The molecule has 18 heavy (non-hydrogen) atoms. The summed E-state index contributed by atoms with van der Waals surface area (Å²) in [6.45, 7) is 3.99. The average Bonchev–Trinajstić information content (AvgIpc) is 2.34. The van der Waals surface area contributed by atoms with Crippen LogP contribution < -0.4 is 10.6 Å². The van der Waals surface area contributed by atoms with Crippen molar-refractivity contribution in [2.45, 2.75) is 32.4 Å². The summed E-state index contributed by atoms with van der Waals surface area (Å²) in [5.41, 5.74) is 7.25. The second-order valence-electron chi connectivity index (χ2n) is 4.63. The number of anilines is 1. The molecule has 1 aromatic rings. The van der Waals surface area contributed by atoms with E-state index in [2.05, 4.69) is 13.2 Å². The Balaban J connectivity index is 2.95. The lowest BCUT2D eigenvalue weighted by molar-refractivity contribution is 0.598. The summed E-state index contributed by atoms with van der Waals surface area (Å²) in [6, 6.07) is 5.51. The van der Waals surface area contributed by atoms with Gasteiger partial charge in [-0.05, 0) is 37.3 Å². The number of halogens is 1. The van der Waals surface area contributed by atoms with Gasteiger partial charge in [0, 0.05) is 24.9 Å². The molecular weight excluding hydrogens is 247 g/mol. The van der Waals surface area contributed by atoms with Crippen molar-refractivity contribution in [2.24, 2.45) is 5.73 Å². The van der Waals surface area contributed by atoms with Crippen LogP contribution in [0.15, 0.2) is 18.2 Å². The van der Waals surface area contributed by atoms with Gasteiger partial charge >= 0.3 is 0 Å². The molecule has 0 amide bonds. The lowest BCUT2D eigenvalue weighted by Gasteiger charge is -2.29. The van der Waals surface area contributed by atoms with Crippen LogP contribution in [-0.4, -0.2) is 25.1 Å². The number of hydrogen-bond acceptors (Lipinski definition) is 3. The van der Waals surface area contributed by atoms with Crippen LogP contribution in [0.25, 0.3) is 0 Å². The highest BCUT2D eigenvalue weighted by atomic mass is 32.2. The predicted molar refractivity (Wildman–Crippen MR) is 79.9 cm³/mol. The zero-order valence-corrected chi connectivity index (χ0v) is 12.4. The lowest BCUT2D eigenvalue weighted by atomic mass is 10.1. The Morgan fingerprint density at radius 3 is 2.56 bits per heavy atom. The molecule has 0 aromatic heterocycles. The van der Waals surface area contributed by atoms with Gasteiger partial charge in [0.2, 0.25) is 0 Å². The van der Waals surface area contributed by atoms with E-state index in [1.807, 2.05) is 31.0 Å². The van der Waals surface area contributed by atoms with Crippen LogP contribution in [0.1, 0.15) is 31.9 Å². The maximum Gasteiger partial charge on any atom is 0.146 e. The molecule has 0 radical (unpaired) electrons. The maximum absolute atomic E-state index is 14.1. The van der Waals surface area contributed by atoms with Crippen LogP contribution in [0.2, 0.25) is 0 Å². The van der Waals surface area contributed by atoms with E-state index in [1.54, 1.807) is 17.8 Å². The van der Waals surface area contributed by atoms with E-state index in [9.17, 15) is 4.39 Å². The maximum atomic E-state index is 14.1. The van der Waals surface area contributed by atoms with E-state index in [4.69, 9.17) is 5.73 Å². The van der Waals surface area contributed by atoms with Crippen molar-refractivity contribution in [2.75, 3.05) is 24.0 Å². The molecule has 0 aliphatic carbocycles. The number of nitrogens with two attached hydrogens (primary N) is 1. The highest BCUT2D eigenvalue weighted by Crippen LogP contribution is 2.25. The number of thioether (sulfide) groups is 1. The number of rotatable bonds is 6. The van der Waals surface area contributed by atoms with Gasteiger partial charge in [0.25, 0.3) is 0 Å². The van der Waals surface area contributed by atoms with Crippen LogP contribution in [0, 0.1) is 5.82 Å². The third-order valence-electron chi connectivity index (χ3n) is 3.26. The Kier molecular flexibility index (Phi) is 5.96. The van der Waals surface area contributed by atoms with E-state index in [-0.39, 0.29) is 11.9 Å². The fourth-order valence-electron chi connectivity index (χ4n) is 1.99. The molecule has 102 valence electrons. The van der Waals surface area contributed by atoms with Crippen molar-refractivity contribution in [3.63, 3.8) is 0 Å². The molecule has 2 atom stereocenters. The Bertz CT molecular complexity index is 382. The molecule has 0 aliphatic rings. The predicted octanol–water partition coefficient (Wildman–Crippen LogP) is 3.42. The summed E-state index contributed by atoms with van der Waals surface area (Å²) in [6.07, 6.45) is 3.08. The minimum atomic E-state index is -0.188. The fraction of sp³-hybridized carbons (Fsp3) is 0.571. The molecular formula is C14H23FN2S. The Morgan fingerprint density at radius 2 is 2.11 bits per heavy atom. The number of nitrogens with zero attached hydrogens (tertiary/aromatic N) is 1. The summed E-state index contributed by atoms with van der Waals surface area (Å²) < 4.78 is 14.1. The molecule has 2 N–H and O–H groups in total. The van der Waals surface area contributed by atoms with Gasteiger partial charge in [-0.2, -0.15) is 11.8 Å². The Morgan fingerprint density at radius 1 is 1.44 bits per heavy atom. The first-order chi connectivity index (χ1) is 8.51. The van der Waals surface area contributed by atoms with Gasteiger partial charge in [0.15, 0.2) is 0 Å². The molecule has 4 heteroatoms. The van der Waals surface area contributed by atoms with Crippen molar-refractivity contribution in [3.8, 4) is 0 Å². The quantitative estimate of drug-likeness (QED) is 0.859. The minimum Gasteiger partial charge on any atom is -0.368 e. The first-order valence-electron chi connectivity index (χ1n) is 6.28. The number of hydrogen-bond donors (Lipinski definition) is 1. The van der Waals surface area contributed by atoms with Crippen molar-refractivity contribution >= 4 is 17.4 Å². The van der Waals surface area contributed by atoms with E-state index in [1.165, 1.54) is 0 Å². The van der Waals surface area contributed by atoms with Gasteiger partial charge in [-0.3, -0.25) is 0 Å². The van der Waals surface area contributed by atoms with E-state index in [0.717, 1.165) is 17.7 Å². The van der Waals surface area contributed by atoms with Gasteiger partial charge < -0.3 is 10.6 Å². The average molecular weight is 270 g/mol. The summed E-state index contributed by atoms with van der Waals surface area (Å²) >= 11 is 1.79. The van der Waals surface area contributed by atoms with Crippen LogP contribution in [0.5, 0.6) is 0 Å². The van der Waals surface area contributed by atoms with E-state index in [0.29, 0.717) is 11.7 Å². The third kappa shape index (κ3) is 3.62. The van der Waals surface area contributed by atoms with Crippen LogP contribution in [-0.2, 0) is 0 Å². The molecule has 0 heterocycles. The number of benzene rings is 1. The summed E-state index contributed by atoms with van der Waals surface area (Å²) in [5, 5.41) is 0. The smallest absolute Gasteiger partial charge is 0.146 e. The molecule has 1 aromatic carbocycles. The first kappa shape index (κ1) is 15.3. The van der Waals surface area contributed by atoms with Gasteiger partial charge in [-0.15, -0.1) is 0 Å². The topological polar surface area (TPSA) is 29.3 Å². The molecule has 0 fully saturated rings. The monoisotopic (exact) mass is 270 g/mol. The molecule has 0 saturated carbocycles. The zero-order valence-electron chi connectivity index (χ0n) is 11.6. The van der Waals surface area contributed by atoms with Crippen LogP contribution in [0.3, 0.4) is 0 Å². The van der Waals surface area contributed by atoms with E-state index >= 15 is 0 Å². The minimum absolute atomic E-state index is 0.132. The molecule has 1 rings (SSSR count). The van der Waals surface area contributed by atoms with Gasteiger partial charge in [0.05, 0.1) is 5.69 Å². The van der Waals surface area contributed by atoms with Crippen LogP contribution >= 0.6 is 11.8 Å². The van der Waals surface area contributed by atoms with Crippen molar-refractivity contribution in [1.29, 1.82) is 0 Å². The van der Waals surface area contributed by atoms with E-state index < -0.39 is 0 Å². The Labute approximate surface area is 114 Å². The molecule has 0 aliphatic heterocycles. The standard InChI is InChI=1S/C14H23FN2S/c1-5-12(9-18-4)17(3)14-7-6-11(10(2)16)8-13(14)15/h6-8,10,12H,5,9,16H2,1-4H3. The molecule has 2 nitrogen and oxygen atoms in total. The normalized spacial score (nSPS) is 14.3. The summed E-state index contributed by atoms with van der Waals surface area (Å²) in [4.78, 5) is 2.02. The van der Waals surface area contributed by atoms with Crippen molar-refractivity contribution in [3.05, 3.63) is 29.6 Å². The second kappa shape index (κ2) is 7.00. The molecule has 0 bridgehead atoms. The first-order valence-corrected chi connectivity index (χ1v) is 7.67. The third-order valence-corrected chi connectivity index (χ3v) is 3.97. The second-order valence-corrected chi connectivity index (χ2v) is 5.54. The zero-order chi connectivity index (χ0) is 13.7. The Hall–Kier alpha value is -0.740. The highest BCUT2D eigenvalue weighted by Gasteiger charge is 2.16. The summed E-state index contributed by atoms with van der Waals surface area (Å²) in [7, 11) is 1.95. The molecule has 2 unspecified atom stereocenters. The molecule has 0 saturated heterocycles. The highest BCUT2D eigenvalue weighted by molar-refractivity contribution is 7.98. The van der Waals surface area contributed by atoms with Crippen LogP contribution in [0.4, 0.5) is 10.1 Å². The van der Waals surface area contributed by atoms with Crippen molar-refractivity contribution < 1.29 is 4.39 Å². The van der Waals surface area contributed by atoms with Gasteiger partial charge in [0.1, 0.15) is 5.82 Å². The lowest BCUT2D eigenvalue weighted by Crippen LogP contribution is -2.33. The largest absolute Gasteiger partial charge is 0.368 e.